The molecule has 1 aromatic carbocycles. The van der Waals surface area contributed by atoms with Gasteiger partial charge in [-0.05, 0) is 26.3 Å². The lowest BCUT2D eigenvalue weighted by Gasteiger charge is -2.34. The van der Waals surface area contributed by atoms with E-state index in [1.54, 1.807) is 9.58 Å². The molecule has 134 valence electrons. The first-order valence-electron chi connectivity index (χ1n) is 8.45. The number of aromatic nitrogens is 3. The number of methoxy groups -OCH3 is 1. The van der Waals surface area contributed by atoms with Gasteiger partial charge < -0.3 is 14.4 Å². The summed E-state index contributed by atoms with van der Waals surface area (Å²) in [7, 11) is 1.53. The van der Waals surface area contributed by atoms with Crippen LogP contribution in [-0.2, 0) is 11.3 Å². The third-order valence-electron chi connectivity index (χ3n) is 4.25. The molecule has 0 aliphatic carbocycles. The Morgan fingerprint density at radius 2 is 1.88 bits per heavy atom. The number of ether oxygens (including phenoxy) is 2. The molecule has 7 heteroatoms. The highest BCUT2D eigenvalue weighted by Gasteiger charge is 2.31. The maximum atomic E-state index is 12.9. The Morgan fingerprint density at radius 1 is 1.24 bits per heavy atom. The summed E-state index contributed by atoms with van der Waals surface area (Å²) in [4.78, 5) is 14.6. The second kappa shape index (κ2) is 7.23. The maximum absolute atomic E-state index is 12.9. The van der Waals surface area contributed by atoms with Gasteiger partial charge in [0.2, 0.25) is 11.6 Å². The van der Waals surface area contributed by atoms with Gasteiger partial charge in [-0.25, -0.2) is 4.68 Å². The van der Waals surface area contributed by atoms with Gasteiger partial charge in [-0.15, -0.1) is 5.10 Å². The second-order valence-corrected chi connectivity index (χ2v) is 6.56. The molecule has 0 unspecified atom stereocenters. The number of rotatable bonds is 4. The molecule has 0 radical (unpaired) electrons. The highest BCUT2D eigenvalue weighted by atomic mass is 16.5. The second-order valence-electron chi connectivity index (χ2n) is 6.56. The lowest BCUT2D eigenvalue weighted by molar-refractivity contribution is -0.0588. The summed E-state index contributed by atoms with van der Waals surface area (Å²) in [6.45, 7) is 7.54. The summed E-state index contributed by atoms with van der Waals surface area (Å²) in [5.41, 5.74) is 2.51. The maximum Gasteiger partial charge on any atom is 0.280 e. The summed E-state index contributed by atoms with van der Waals surface area (Å²) < 4.78 is 12.7. The molecule has 2 heterocycles. The number of nitrogens with zero attached hydrogens (tertiary/aromatic N) is 4. The van der Waals surface area contributed by atoms with Crippen LogP contribution in [0.2, 0.25) is 0 Å². The van der Waals surface area contributed by atoms with Crippen LogP contribution >= 0.6 is 0 Å². The molecular formula is C18H24N4O3. The predicted octanol–water partition coefficient (Wildman–Crippen LogP) is 1.89. The SMILES string of the molecule is COc1c(C(=O)N2C[C@@H](C)O[C@@H](C)C2)nnn1Cc1ccc(C)cc1. The molecule has 1 fully saturated rings. The monoisotopic (exact) mass is 344 g/mol. The van der Waals surface area contributed by atoms with Gasteiger partial charge in [-0.1, -0.05) is 35.0 Å². The van der Waals surface area contributed by atoms with E-state index in [2.05, 4.69) is 10.3 Å². The lowest BCUT2D eigenvalue weighted by Crippen LogP contribution is -2.48. The van der Waals surface area contributed by atoms with Crippen LogP contribution in [0.3, 0.4) is 0 Å². The fourth-order valence-electron chi connectivity index (χ4n) is 3.10. The van der Waals surface area contributed by atoms with Crippen molar-refractivity contribution >= 4 is 5.91 Å². The Balaban J connectivity index is 1.81. The smallest absolute Gasteiger partial charge is 0.280 e. The van der Waals surface area contributed by atoms with Crippen molar-refractivity contribution in [3.63, 3.8) is 0 Å². The van der Waals surface area contributed by atoms with Crippen molar-refractivity contribution in [2.75, 3.05) is 20.2 Å². The summed E-state index contributed by atoms with van der Waals surface area (Å²) in [5.74, 6) is 0.214. The molecule has 25 heavy (non-hydrogen) atoms. The number of carbonyl (C=O) groups is 1. The van der Waals surface area contributed by atoms with Crippen molar-refractivity contribution in [2.24, 2.45) is 0 Å². The summed E-state index contributed by atoms with van der Waals surface area (Å²) >= 11 is 0. The molecule has 1 amide bonds. The van der Waals surface area contributed by atoms with Crippen LogP contribution in [0.5, 0.6) is 5.88 Å². The van der Waals surface area contributed by atoms with Gasteiger partial charge in [0.1, 0.15) is 0 Å². The van der Waals surface area contributed by atoms with Gasteiger partial charge in [-0.2, -0.15) is 0 Å². The Labute approximate surface area is 147 Å². The van der Waals surface area contributed by atoms with Crippen LogP contribution in [0, 0.1) is 6.92 Å². The fourth-order valence-corrected chi connectivity index (χ4v) is 3.10. The Morgan fingerprint density at radius 3 is 2.48 bits per heavy atom. The quantitative estimate of drug-likeness (QED) is 0.847. The zero-order chi connectivity index (χ0) is 18.0. The van der Waals surface area contributed by atoms with Crippen molar-refractivity contribution in [3.05, 3.63) is 41.1 Å². The molecule has 1 aliphatic rings. The van der Waals surface area contributed by atoms with E-state index in [0.717, 1.165) is 5.56 Å². The Bertz CT molecular complexity index is 731. The van der Waals surface area contributed by atoms with Crippen molar-refractivity contribution in [3.8, 4) is 5.88 Å². The molecule has 1 aliphatic heterocycles. The van der Waals surface area contributed by atoms with E-state index in [9.17, 15) is 4.79 Å². The highest BCUT2D eigenvalue weighted by molar-refractivity contribution is 5.94. The molecule has 1 saturated heterocycles. The average molecular weight is 344 g/mol. The summed E-state index contributed by atoms with van der Waals surface area (Å²) in [6.07, 6.45) is 0.00240. The highest BCUT2D eigenvalue weighted by Crippen LogP contribution is 2.21. The number of benzene rings is 1. The zero-order valence-electron chi connectivity index (χ0n) is 15.1. The largest absolute Gasteiger partial charge is 0.479 e. The van der Waals surface area contributed by atoms with Crippen LogP contribution in [0.1, 0.15) is 35.5 Å². The Kier molecular flexibility index (Phi) is 5.03. The zero-order valence-corrected chi connectivity index (χ0v) is 15.1. The van der Waals surface area contributed by atoms with E-state index in [1.165, 1.54) is 12.7 Å². The van der Waals surface area contributed by atoms with E-state index in [1.807, 2.05) is 45.0 Å². The Hall–Kier alpha value is -2.41. The first-order valence-corrected chi connectivity index (χ1v) is 8.45. The van der Waals surface area contributed by atoms with Crippen LogP contribution < -0.4 is 4.74 Å². The standard InChI is InChI=1S/C18H24N4O3/c1-12-5-7-15(8-6-12)11-22-18(24-4)16(19-20-22)17(23)21-9-13(2)25-14(3)10-21/h5-8,13-14H,9-11H2,1-4H3/t13-,14+. The lowest BCUT2D eigenvalue weighted by atomic mass is 10.1. The minimum Gasteiger partial charge on any atom is -0.479 e. The number of amides is 1. The van der Waals surface area contributed by atoms with Gasteiger partial charge >= 0.3 is 0 Å². The first kappa shape index (κ1) is 17.4. The van der Waals surface area contributed by atoms with Crippen molar-refractivity contribution in [2.45, 2.75) is 39.5 Å². The summed E-state index contributed by atoms with van der Waals surface area (Å²) in [5, 5.41) is 8.20. The minimum absolute atomic E-state index is 0.00120. The number of aryl methyl sites for hydroxylation is 1. The van der Waals surface area contributed by atoms with Gasteiger partial charge in [-0.3, -0.25) is 4.79 Å². The molecule has 7 nitrogen and oxygen atoms in total. The van der Waals surface area contributed by atoms with E-state index in [4.69, 9.17) is 9.47 Å². The third kappa shape index (κ3) is 3.82. The molecule has 3 rings (SSSR count). The molecular weight excluding hydrogens is 320 g/mol. The van der Waals surface area contributed by atoms with E-state index in [-0.39, 0.29) is 23.8 Å². The van der Waals surface area contributed by atoms with E-state index in [0.29, 0.717) is 25.5 Å². The minimum atomic E-state index is -0.172. The van der Waals surface area contributed by atoms with Gasteiger partial charge in [0.15, 0.2) is 0 Å². The molecule has 0 saturated carbocycles. The van der Waals surface area contributed by atoms with Gasteiger partial charge in [0.25, 0.3) is 5.91 Å². The van der Waals surface area contributed by atoms with Crippen molar-refractivity contribution in [1.82, 2.24) is 19.9 Å². The number of hydrogen-bond donors (Lipinski definition) is 0. The molecule has 2 atom stereocenters. The molecule has 0 N–H and O–H groups in total. The number of carbonyl (C=O) groups excluding carboxylic acids is 1. The van der Waals surface area contributed by atoms with Crippen LogP contribution in [0.4, 0.5) is 0 Å². The average Bonchev–Trinajstić information content (AvgIpc) is 2.98. The van der Waals surface area contributed by atoms with E-state index >= 15 is 0 Å². The summed E-state index contributed by atoms with van der Waals surface area (Å²) in [6, 6.07) is 8.15. The van der Waals surface area contributed by atoms with Crippen molar-refractivity contribution < 1.29 is 14.3 Å². The van der Waals surface area contributed by atoms with Crippen LogP contribution in [0.15, 0.2) is 24.3 Å². The van der Waals surface area contributed by atoms with Gasteiger partial charge in [0.05, 0.1) is 25.9 Å². The normalized spacial score (nSPS) is 20.6. The van der Waals surface area contributed by atoms with Crippen LogP contribution in [0.25, 0.3) is 0 Å². The van der Waals surface area contributed by atoms with Crippen LogP contribution in [-0.4, -0.2) is 58.2 Å². The first-order chi connectivity index (χ1) is 12.0. The van der Waals surface area contributed by atoms with Gasteiger partial charge in [0, 0.05) is 13.1 Å². The number of hydrogen-bond acceptors (Lipinski definition) is 5. The van der Waals surface area contributed by atoms with E-state index < -0.39 is 0 Å². The third-order valence-corrected chi connectivity index (χ3v) is 4.25. The molecule has 2 aromatic rings. The molecule has 0 spiro atoms. The molecule has 0 bridgehead atoms. The fraction of sp³-hybridized carbons (Fsp3) is 0.500. The predicted molar refractivity (Wildman–Crippen MR) is 92.8 cm³/mol. The van der Waals surface area contributed by atoms with Crippen molar-refractivity contribution in [1.29, 1.82) is 0 Å². The molecule has 1 aromatic heterocycles. The topological polar surface area (TPSA) is 69.5 Å². The number of morpholine rings is 1.